The summed E-state index contributed by atoms with van der Waals surface area (Å²) in [5.74, 6) is -1.77. The van der Waals surface area contributed by atoms with E-state index in [0.29, 0.717) is 15.2 Å². The molecule has 2 aromatic rings. The highest BCUT2D eigenvalue weighted by Gasteiger charge is 2.52. The molecule has 0 bridgehead atoms. The minimum Gasteiger partial charge on any atom is -0.353 e. The van der Waals surface area contributed by atoms with Crippen LogP contribution in [0.5, 0.6) is 0 Å². The van der Waals surface area contributed by atoms with Crippen molar-refractivity contribution in [1.29, 1.82) is 0 Å². The predicted molar refractivity (Wildman–Crippen MR) is 102 cm³/mol. The number of carbonyl (C=O) groups is 2. The maximum Gasteiger partial charge on any atom is 0.601 e. The Kier molecular flexibility index (Phi) is 6.14. The van der Waals surface area contributed by atoms with Crippen LogP contribution in [0.4, 0.5) is 26.3 Å². The van der Waals surface area contributed by atoms with E-state index in [1.54, 1.807) is 0 Å². The average Bonchev–Trinajstić information content (AvgIpc) is 3.08. The first-order valence-corrected chi connectivity index (χ1v) is 10.5. The monoisotopic (exact) mass is 487 g/mol. The highest BCUT2D eigenvalue weighted by Crippen LogP contribution is 2.50. The Bertz CT molecular complexity index is 1190. The number of fused-ring (bicyclic) bond motifs is 1. The van der Waals surface area contributed by atoms with Crippen LogP contribution in [0, 0.1) is 0 Å². The van der Waals surface area contributed by atoms with Crippen molar-refractivity contribution in [3.05, 3.63) is 31.8 Å². The lowest BCUT2D eigenvalue weighted by atomic mass is 10.3. The standard InChI is InChI=1S/C17H16F6N4O4S/c1-2-26-14(30)12-9(27(15(26)31)5-3-16(18,19)20)7-10(32(12)17(21,22)23)13(29)25-6-4-24-11(28)8-25/h7H,2-6,8H2,1H3/p+1. The number of thiophene rings is 1. The van der Waals surface area contributed by atoms with Gasteiger partial charge in [0.25, 0.3) is 4.70 Å². The summed E-state index contributed by atoms with van der Waals surface area (Å²) in [6.45, 7) is -0.708. The Morgan fingerprint density at radius 1 is 1.12 bits per heavy atom. The van der Waals surface area contributed by atoms with Gasteiger partial charge in [-0.05, 0) is 6.92 Å². The summed E-state index contributed by atoms with van der Waals surface area (Å²) in [6.07, 6.45) is -6.24. The van der Waals surface area contributed by atoms with E-state index in [-0.39, 0.29) is 19.6 Å². The molecule has 15 heteroatoms. The third-order valence-electron chi connectivity index (χ3n) is 4.82. The molecule has 0 radical (unpaired) electrons. The second-order valence-electron chi connectivity index (χ2n) is 6.90. The zero-order valence-electron chi connectivity index (χ0n) is 16.5. The van der Waals surface area contributed by atoms with Crippen molar-refractivity contribution in [2.45, 2.75) is 38.1 Å². The average molecular weight is 487 g/mol. The molecule has 0 saturated carbocycles. The van der Waals surface area contributed by atoms with Gasteiger partial charge in [-0.25, -0.2) is 4.79 Å². The Balaban J connectivity index is 2.33. The Hall–Kier alpha value is -2.84. The minimum absolute atomic E-state index is 0.00350. The summed E-state index contributed by atoms with van der Waals surface area (Å²) in [7, 11) is -3.10. The molecule has 1 atom stereocenters. The first-order valence-electron chi connectivity index (χ1n) is 9.29. The minimum atomic E-state index is -5.12. The summed E-state index contributed by atoms with van der Waals surface area (Å²) >= 11 is 0. The van der Waals surface area contributed by atoms with Crippen LogP contribution in [-0.4, -0.2) is 51.7 Å². The molecule has 1 N–H and O–H groups in total. The summed E-state index contributed by atoms with van der Waals surface area (Å²) in [6, 6.07) is 0.653. The van der Waals surface area contributed by atoms with Crippen molar-refractivity contribution in [3.63, 3.8) is 0 Å². The number of halogens is 6. The molecule has 3 heterocycles. The van der Waals surface area contributed by atoms with Crippen LogP contribution in [0.3, 0.4) is 0 Å². The largest absolute Gasteiger partial charge is 0.601 e. The lowest BCUT2D eigenvalue weighted by Gasteiger charge is -2.25. The van der Waals surface area contributed by atoms with Gasteiger partial charge in [0.2, 0.25) is 10.8 Å². The number of nitrogens with zero attached hydrogens (tertiary/aromatic N) is 3. The van der Waals surface area contributed by atoms with Crippen molar-refractivity contribution < 1.29 is 35.9 Å². The molecular weight excluding hydrogens is 470 g/mol. The van der Waals surface area contributed by atoms with Gasteiger partial charge in [0.15, 0.2) is 0 Å². The molecular formula is C17H17F6N4O4S+. The van der Waals surface area contributed by atoms with Crippen LogP contribution < -0.4 is 16.6 Å². The lowest BCUT2D eigenvalue weighted by molar-refractivity contribution is -0.136. The summed E-state index contributed by atoms with van der Waals surface area (Å²) < 4.78 is 80.3. The zero-order valence-corrected chi connectivity index (χ0v) is 17.3. The fourth-order valence-corrected chi connectivity index (χ4v) is 5.31. The number of amides is 2. The van der Waals surface area contributed by atoms with Crippen LogP contribution in [0.25, 0.3) is 10.2 Å². The van der Waals surface area contributed by atoms with Crippen LogP contribution in [0.1, 0.15) is 23.0 Å². The van der Waals surface area contributed by atoms with Crippen molar-refractivity contribution in [2.75, 3.05) is 19.6 Å². The summed E-state index contributed by atoms with van der Waals surface area (Å²) in [5, 5.41) is 2.41. The number of aryl methyl sites for hydroxylation is 1. The first kappa shape index (κ1) is 23.8. The van der Waals surface area contributed by atoms with Crippen LogP contribution in [-0.2, 0) is 23.4 Å². The highest BCUT2D eigenvalue weighted by molar-refractivity contribution is 7.39. The van der Waals surface area contributed by atoms with Crippen molar-refractivity contribution in [1.82, 2.24) is 19.4 Å². The molecule has 0 aliphatic carbocycles. The normalized spacial score (nSPS) is 15.9. The predicted octanol–water partition coefficient (Wildman–Crippen LogP) is 1.93. The smallest absolute Gasteiger partial charge is 0.353 e. The molecule has 1 aliphatic rings. The molecule has 8 nitrogen and oxygen atoms in total. The maximum absolute atomic E-state index is 14.0. The van der Waals surface area contributed by atoms with Gasteiger partial charge in [-0.3, -0.25) is 23.5 Å². The van der Waals surface area contributed by atoms with Crippen LogP contribution in [0.15, 0.2) is 15.7 Å². The van der Waals surface area contributed by atoms with Gasteiger partial charge in [-0.1, -0.05) is 0 Å². The van der Waals surface area contributed by atoms with E-state index in [0.717, 1.165) is 4.90 Å². The van der Waals surface area contributed by atoms with E-state index >= 15 is 0 Å². The molecule has 176 valence electrons. The number of hydrogen-bond donors (Lipinski definition) is 1. The van der Waals surface area contributed by atoms with Gasteiger partial charge < -0.3 is 10.2 Å². The van der Waals surface area contributed by atoms with Gasteiger partial charge in [0.05, 0.1) is 6.42 Å². The molecule has 1 aliphatic heterocycles. The SMILES string of the molecule is CCn1c(=O)c2c(cc(C(=O)N3CCNC(=O)C3)[s+]2C(F)(F)F)n(CCC(F)(F)F)c1=O. The second kappa shape index (κ2) is 8.26. The third kappa shape index (κ3) is 4.38. The van der Waals surface area contributed by atoms with E-state index in [9.17, 15) is 45.5 Å². The van der Waals surface area contributed by atoms with E-state index < -0.39 is 79.8 Å². The van der Waals surface area contributed by atoms with Crippen LogP contribution >= 0.6 is 10.5 Å². The number of rotatable bonds is 4. The Morgan fingerprint density at radius 3 is 2.31 bits per heavy atom. The lowest BCUT2D eigenvalue weighted by Crippen LogP contribution is -2.49. The molecule has 3 rings (SSSR count). The maximum atomic E-state index is 14.0. The number of carbonyl (C=O) groups excluding carboxylic acids is 2. The topological polar surface area (TPSA) is 93.4 Å². The first-order chi connectivity index (χ1) is 14.8. The molecule has 1 saturated heterocycles. The molecule has 1 fully saturated rings. The fraction of sp³-hybridized carbons (Fsp3) is 0.529. The van der Waals surface area contributed by atoms with Gasteiger partial charge in [-0.15, -0.1) is 13.2 Å². The number of hydrogen-bond acceptors (Lipinski definition) is 4. The quantitative estimate of drug-likeness (QED) is 0.527. The van der Waals surface area contributed by atoms with Crippen molar-refractivity contribution in [2.24, 2.45) is 0 Å². The fourth-order valence-electron chi connectivity index (χ4n) is 3.41. The van der Waals surface area contributed by atoms with E-state index in [1.165, 1.54) is 6.92 Å². The van der Waals surface area contributed by atoms with Gasteiger partial charge in [-0.2, -0.15) is 13.2 Å². The van der Waals surface area contributed by atoms with E-state index in [1.807, 2.05) is 0 Å². The molecule has 0 aromatic carbocycles. The molecule has 2 aromatic heterocycles. The van der Waals surface area contributed by atoms with Crippen molar-refractivity contribution in [3.8, 4) is 0 Å². The van der Waals surface area contributed by atoms with Gasteiger partial charge in [0, 0.05) is 32.2 Å². The Labute approximate surface area is 178 Å². The molecule has 2 amide bonds. The number of piperazine rings is 1. The third-order valence-corrected chi connectivity index (χ3v) is 6.81. The number of aromatic nitrogens is 2. The Morgan fingerprint density at radius 2 is 1.78 bits per heavy atom. The zero-order chi connectivity index (χ0) is 24.0. The van der Waals surface area contributed by atoms with E-state index in [2.05, 4.69) is 5.32 Å². The second-order valence-corrected chi connectivity index (χ2v) is 8.82. The van der Waals surface area contributed by atoms with Gasteiger partial charge in [0.1, 0.15) is 22.5 Å². The number of nitrogens with one attached hydrogen (secondary N) is 1. The van der Waals surface area contributed by atoms with Gasteiger partial charge >= 0.3 is 28.8 Å². The van der Waals surface area contributed by atoms with Crippen molar-refractivity contribution >= 4 is 32.5 Å². The summed E-state index contributed by atoms with van der Waals surface area (Å²) in [4.78, 5) is 49.7. The number of alkyl halides is 6. The molecule has 0 spiro atoms. The van der Waals surface area contributed by atoms with E-state index in [4.69, 9.17) is 0 Å². The molecule has 1 unspecified atom stereocenters. The molecule has 32 heavy (non-hydrogen) atoms. The summed E-state index contributed by atoms with van der Waals surface area (Å²) in [5.41, 5.74) is -8.30. The van der Waals surface area contributed by atoms with Crippen LogP contribution in [0.2, 0.25) is 0 Å². The highest BCUT2D eigenvalue weighted by atomic mass is 32.2.